The Bertz CT molecular complexity index is 551. The Kier molecular flexibility index (Phi) is 5.01. The lowest BCUT2D eigenvalue weighted by Crippen LogP contribution is -2.40. The van der Waals surface area contributed by atoms with E-state index >= 15 is 0 Å². The Morgan fingerprint density at radius 2 is 2.18 bits per heavy atom. The predicted molar refractivity (Wildman–Crippen MR) is 84.5 cm³/mol. The number of rotatable bonds is 6. The molecule has 0 radical (unpaired) electrons. The van der Waals surface area contributed by atoms with E-state index < -0.39 is 17.5 Å². The van der Waals surface area contributed by atoms with Crippen LogP contribution in [0.1, 0.15) is 46.5 Å². The van der Waals surface area contributed by atoms with Gasteiger partial charge in [0.05, 0.1) is 24.0 Å². The van der Waals surface area contributed by atoms with E-state index in [2.05, 4.69) is 19.9 Å². The number of carbonyl (C=O) groups is 2. The zero-order chi connectivity index (χ0) is 16.3. The molecule has 22 heavy (non-hydrogen) atoms. The van der Waals surface area contributed by atoms with Crippen molar-refractivity contribution >= 4 is 11.8 Å². The number of fused-ring (bicyclic) bond motifs is 2. The van der Waals surface area contributed by atoms with Crippen molar-refractivity contribution in [1.82, 2.24) is 0 Å². The Labute approximate surface area is 131 Å². The molecule has 0 aromatic heterocycles. The minimum atomic E-state index is -0.950. The van der Waals surface area contributed by atoms with Crippen LogP contribution in [0.25, 0.3) is 0 Å². The van der Waals surface area contributed by atoms with Gasteiger partial charge < -0.3 is 9.84 Å². The number of allylic oxidation sites excluding steroid dienone is 4. The van der Waals surface area contributed by atoms with E-state index in [0.29, 0.717) is 6.42 Å². The van der Waals surface area contributed by atoms with E-state index in [9.17, 15) is 14.7 Å². The van der Waals surface area contributed by atoms with E-state index in [-0.39, 0.29) is 18.3 Å². The van der Waals surface area contributed by atoms with Crippen molar-refractivity contribution in [1.29, 1.82) is 0 Å². The number of ether oxygens (including phenoxy) is 1. The van der Waals surface area contributed by atoms with Crippen LogP contribution < -0.4 is 0 Å². The number of hydrogen-bond donors (Lipinski definition) is 1. The predicted octanol–water partition coefficient (Wildman–Crippen LogP) is 3.44. The van der Waals surface area contributed by atoms with Gasteiger partial charge in [0.2, 0.25) is 0 Å². The summed E-state index contributed by atoms with van der Waals surface area (Å²) in [4.78, 5) is 23.5. The first-order chi connectivity index (χ1) is 10.3. The summed E-state index contributed by atoms with van der Waals surface area (Å²) < 4.78 is 5.90. The normalized spacial score (nSPS) is 30.5. The van der Waals surface area contributed by atoms with E-state index in [1.165, 1.54) is 11.6 Å². The van der Waals surface area contributed by atoms with Gasteiger partial charge in [-0.2, -0.15) is 0 Å². The smallest absolute Gasteiger partial charge is 0.304 e. The van der Waals surface area contributed by atoms with Crippen LogP contribution in [-0.4, -0.2) is 29.1 Å². The van der Waals surface area contributed by atoms with Crippen LogP contribution in [0.15, 0.2) is 35.5 Å². The molecule has 0 aromatic carbocycles. The largest absolute Gasteiger partial charge is 0.481 e. The summed E-state index contributed by atoms with van der Waals surface area (Å²) in [6.07, 6.45) is 8.90. The molecule has 0 saturated carbocycles. The second-order valence-electron chi connectivity index (χ2n) is 6.58. The highest BCUT2D eigenvalue weighted by Gasteiger charge is 2.54. The third-order valence-corrected chi connectivity index (χ3v) is 4.38. The number of carbonyl (C=O) groups excluding carboxylic acids is 1. The van der Waals surface area contributed by atoms with Gasteiger partial charge in [0, 0.05) is 0 Å². The van der Waals surface area contributed by atoms with Crippen LogP contribution in [0.5, 0.6) is 0 Å². The molecule has 4 nitrogen and oxygen atoms in total. The zero-order valence-electron chi connectivity index (χ0n) is 13.5. The lowest BCUT2D eigenvalue weighted by Gasteiger charge is -2.29. The maximum atomic E-state index is 12.3. The molecule has 2 bridgehead atoms. The molecule has 0 unspecified atom stereocenters. The Morgan fingerprint density at radius 1 is 1.45 bits per heavy atom. The molecule has 2 aliphatic rings. The monoisotopic (exact) mass is 304 g/mol. The van der Waals surface area contributed by atoms with Gasteiger partial charge in [-0.15, -0.1) is 0 Å². The standard InChI is InChI=1S/C18H24O4/c1-12(2)5-4-6-13(3)9-16-18(11-17(20)21)10-14(22-16)7-8-15(18)19/h5,7-9,14,16H,4,6,10-11H2,1-3H3,(H,20,21)/b13-9+/t14-,16-,18+/m1/s1. The van der Waals surface area contributed by atoms with Gasteiger partial charge in [0.25, 0.3) is 0 Å². The summed E-state index contributed by atoms with van der Waals surface area (Å²) in [7, 11) is 0. The first-order valence-corrected chi connectivity index (χ1v) is 7.74. The molecule has 1 aliphatic heterocycles. The van der Waals surface area contributed by atoms with Gasteiger partial charge in [0.1, 0.15) is 0 Å². The molecule has 1 N–H and O–H groups in total. The molecule has 0 aromatic rings. The van der Waals surface area contributed by atoms with Gasteiger partial charge in [0.15, 0.2) is 5.78 Å². The topological polar surface area (TPSA) is 63.6 Å². The average Bonchev–Trinajstić information content (AvgIpc) is 2.68. The zero-order valence-corrected chi connectivity index (χ0v) is 13.5. The fourth-order valence-electron chi connectivity index (χ4n) is 3.22. The molecule has 120 valence electrons. The van der Waals surface area contributed by atoms with Gasteiger partial charge in [-0.25, -0.2) is 0 Å². The van der Waals surface area contributed by atoms with Crippen LogP contribution in [-0.2, 0) is 14.3 Å². The molecule has 1 saturated heterocycles. The fourth-order valence-corrected chi connectivity index (χ4v) is 3.22. The van der Waals surface area contributed by atoms with E-state index in [1.807, 2.05) is 13.0 Å². The Hall–Kier alpha value is -1.68. The number of ketones is 1. The summed E-state index contributed by atoms with van der Waals surface area (Å²) in [5, 5.41) is 9.19. The molecule has 1 fully saturated rings. The molecule has 1 aliphatic carbocycles. The molecule has 1 heterocycles. The van der Waals surface area contributed by atoms with Gasteiger partial charge in [-0.1, -0.05) is 29.4 Å². The summed E-state index contributed by atoms with van der Waals surface area (Å²) in [6.45, 7) is 6.14. The summed E-state index contributed by atoms with van der Waals surface area (Å²) in [5.74, 6) is -1.07. The Balaban J connectivity index is 2.17. The molecular weight excluding hydrogens is 280 g/mol. The second kappa shape index (κ2) is 6.61. The van der Waals surface area contributed by atoms with Crippen LogP contribution in [0.2, 0.25) is 0 Å². The third kappa shape index (κ3) is 3.55. The third-order valence-electron chi connectivity index (χ3n) is 4.38. The highest BCUT2D eigenvalue weighted by atomic mass is 16.5. The van der Waals surface area contributed by atoms with Gasteiger partial charge >= 0.3 is 5.97 Å². The number of carboxylic acid groups (broad SMARTS) is 1. The molecule has 0 spiro atoms. The minimum Gasteiger partial charge on any atom is -0.481 e. The lowest BCUT2D eigenvalue weighted by molar-refractivity contribution is -0.144. The first kappa shape index (κ1) is 16.7. The van der Waals surface area contributed by atoms with Crippen molar-refractivity contribution in [3.05, 3.63) is 35.5 Å². The fraction of sp³-hybridized carbons (Fsp3) is 0.556. The molecular formula is C18H24O4. The molecule has 2 rings (SSSR count). The van der Waals surface area contributed by atoms with E-state index in [0.717, 1.165) is 18.4 Å². The van der Waals surface area contributed by atoms with Crippen molar-refractivity contribution in [3.63, 3.8) is 0 Å². The second-order valence-corrected chi connectivity index (χ2v) is 6.58. The van der Waals surface area contributed by atoms with Crippen molar-refractivity contribution in [3.8, 4) is 0 Å². The number of carboxylic acids is 1. The van der Waals surface area contributed by atoms with Crippen LogP contribution in [0.3, 0.4) is 0 Å². The average molecular weight is 304 g/mol. The molecule has 3 atom stereocenters. The van der Waals surface area contributed by atoms with Crippen molar-refractivity contribution in [2.75, 3.05) is 0 Å². The Morgan fingerprint density at radius 3 is 2.82 bits per heavy atom. The molecule has 0 amide bonds. The quantitative estimate of drug-likeness (QED) is 0.764. The first-order valence-electron chi connectivity index (χ1n) is 7.74. The van der Waals surface area contributed by atoms with Gasteiger partial charge in [-0.3, -0.25) is 9.59 Å². The van der Waals surface area contributed by atoms with Crippen molar-refractivity contribution < 1.29 is 19.4 Å². The highest BCUT2D eigenvalue weighted by molar-refractivity contribution is 5.99. The number of hydrogen-bond acceptors (Lipinski definition) is 3. The maximum Gasteiger partial charge on any atom is 0.304 e. The summed E-state index contributed by atoms with van der Waals surface area (Å²) >= 11 is 0. The van der Waals surface area contributed by atoms with E-state index in [4.69, 9.17) is 4.74 Å². The number of aliphatic carboxylic acids is 1. The van der Waals surface area contributed by atoms with Crippen molar-refractivity contribution in [2.45, 2.75) is 58.7 Å². The molecule has 4 heteroatoms. The van der Waals surface area contributed by atoms with Crippen molar-refractivity contribution in [2.24, 2.45) is 5.41 Å². The summed E-state index contributed by atoms with van der Waals surface area (Å²) in [5.41, 5.74) is 1.48. The SMILES string of the molecule is CC(C)=CCC/C(C)=C/[C@H]1O[C@@H]2C=CC(=O)[C@@]1(CC(=O)O)C2. The minimum absolute atomic E-state index is 0.123. The highest BCUT2D eigenvalue weighted by Crippen LogP contribution is 2.47. The van der Waals surface area contributed by atoms with Crippen LogP contribution in [0, 0.1) is 5.41 Å². The maximum absolute atomic E-state index is 12.3. The van der Waals surface area contributed by atoms with E-state index in [1.54, 1.807) is 6.08 Å². The van der Waals surface area contributed by atoms with Crippen LogP contribution in [0.4, 0.5) is 0 Å². The van der Waals surface area contributed by atoms with Crippen LogP contribution >= 0.6 is 0 Å². The summed E-state index contributed by atoms with van der Waals surface area (Å²) in [6, 6.07) is 0. The van der Waals surface area contributed by atoms with Gasteiger partial charge in [-0.05, 0) is 46.1 Å². The lowest BCUT2D eigenvalue weighted by atomic mass is 9.70.